The first kappa shape index (κ1) is 22.6. The van der Waals surface area contributed by atoms with Crippen LogP contribution in [0.3, 0.4) is 0 Å². The van der Waals surface area contributed by atoms with E-state index in [1.54, 1.807) is 11.3 Å². The Morgan fingerprint density at radius 2 is 2.08 bits per heavy atom. The van der Waals surface area contributed by atoms with Gasteiger partial charge in [-0.15, -0.1) is 35.3 Å². The van der Waals surface area contributed by atoms with Gasteiger partial charge in [0.05, 0.1) is 17.2 Å². The van der Waals surface area contributed by atoms with E-state index in [1.807, 2.05) is 0 Å². The summed E-state index contributed by atoms with van der Waals surface area (Å²) < 4.78 is 0. The van der Waals surface area contributed by atoms with Crippen LogP contribution >= 0.6 is 35.3 Å². The van der Waals surface area contributed by atoms with E-state index in [4.69, 9.17) is 4.99 Å². The number of aryl methyl sites for hydroxylation is 1. The monoisotopic (exact) mass is 479 g/mol. The molecule has 1 fully saturated rings. The summed E-state index contributed by atoms with van der Waals surface area (Å²) in [6.45, 7) is 7.79. The maximum atomic E-state index is 4.72. The first-order valence-corrected chi connectivity index (χ1v) is 10.2. The number of thiazole rings is 1. The molecule has 0 saturated heterocycles. The SMILES string of the molecule is CCNC(=NCCN(C)C1CCCCC1)NCCc1csc(C)n1.I. The number of aromatic nitrogens is 1. The highest BCUT2D eigenvalue weighted by Gasteiger charge is 2.17. The Kier molecular flexibility index (Phi) is 11.6. The first-order chi connectivity index (χ1) is 11.7. The van der Waals surface area contributed by atoms with Crippen molar-refractivity contribution < 1.29 is 0 Å². The molecule has 1 heterocycles. The van der Waals surface area contributed by atoms with E-state index in [0.29, 0.717) is 0 Å². The van der Waals surface area contributed by atoms with Crippen molar-refractivity contribution in [3.05, 3.63) is 16.1 Å². The summed E-state index contributed by atoms with van der Waals surface area (Å²) >= 11 is 1.71. The van der Waals surface area contributed by atoms with E-state index < -0.39 is 0 Å². The Balaban J connectivity index is 0.00000312. The molecule has 1 saturated carbocycles. The molecule has 25 heavy (non-hydrogen) atoms. The third kappa shape index (κ3) is 8.68. The van der Waals surface area contributed by atoms with Gasteiger partial charge in [-0.05, 0) is 33.7 Å². The van der Waals surface area contributed by atoms with Crippen LogP contribution in [0, 0.1) is 6.92 Å². The van der Waals surface area contributed by atoms with Gasteiger partial charge in [0, 0.05) is 37.5 Å². The fourth-order valence-corrected chi connectivity index (χ4v) is 3.84. The first-order valence-electron chi connectivity index (χ1n) is 9.32. The topological polar surface area (TPSA) is 52.6 Å². The van der Waals surface area contributed by atoms with E-state index in [2.05, 4.69) is 46.8 Å². The minimum Gasteiger partial charge on any atom is -0.357 e. The molecule has 0 bridgehead atoms. The maximum absolute atomic E-state index is 4.72. The van der Waals surface area contributed by atoms with Crippen LogP contribution in [0.15, 0.2) is 10.4 Å². The predicted molar refractivity (Wildman–Crippen MR) is 119 cm³/mol. The van der Waals surface area contributed by atoms with Crippen molar-refractivity contribution in [2.45, 2.75) is 58.4 Å². The third-order valence-corrected chi connectivity index (χ3v) is 5.43. The van der Waals surface area contributed by atoms with Crippen LogP contribution in [0.1, 0.15) is 49.7 Å². The highest BCUT2D eigenvalue weighted by Crippen LogP contribution is 2.21. The number of guanidine groups is 1. The molecule has 1 aliphatic rings. The van der Waals surface area contributed by atoms with Gasteiger partial charge >= 0.3 is 0 Å². The Bertz CT molecular complexity index is 499. The van der Waals surface area contributed by atoms with Crippen molar-refractivity contribution in [1.29, 1.82) is 0 Å². The molecule has 1 aromatic heterocycles. The summed E-state index contributed by atoms with van der Waals surface area (Å²) in [5.41, 5.74) is 1.16. The average Bonchev–Trinajstić information content (AvgIpc) is 3.01. The van der Waals surface area contributed by atoms with Gasteiger partial charge in [-0.25, -0.2) is 4.98 Å². The summed E-state index contributed by atoms with van der Waals surface area (Å²) in [4.78, 5) is 11.7. The summed E-state index contributed by atoms with van der Waals surface area (Å²) in [7, 11) is 2.25. The van der Waals surface area contributed by atoms with Gasteiger partial charge in [-0.1, -0.05) is 19.3 Å². The van der Waals surface area contributed by atoms with Crippen molar-refractivity contribution in [1.82, 2.24) is 20.5 Å². The van der Waals surface area contributed by atoms with Crippen LogP contribution in [-0.4, -0.2) is 55.1 Å². The fraction of sp³-hybridized carbons (Fsp3) is 0.778. The summed E-state index contributed by atoms with van der Waals surface area (Å²) in [6.07, 6.45) is 7.83. The normalized spacial score (nSPS) is 15.9. The lowest BCUT2D eigenvalue weighted by atomic mass is 9.94. The number of likely N-dealkylation sites (N-methyl/N-ethyl adjacent to an activating group) is 1. The van der Waals surface area contributed by atoms with Gasteiger partial charge in [-0.2, -0.15) is 0 Å². The summed E-state index contributed by atoms with van der Waals surface area (Å²) in [5, 5.41) is 10.0. The predicted octanol–water partition coefficient (Wildman–Crippen LogP) is 3.43. The van der Waals surface area contributed by atoms with E-state index in [1.165, 1.54) is 32.1 Å². The van der Waals surface area contributed by atoms with Crippen molar-refractivity contribution in [3.8, 4) is 0 Å². The van der Waals surface area contributed by atoms with Crippen molar-refractivity contribution >= 4 is 41.3 Å². The molecule has 5 nitrogen and oxygen atoms in total. The summed E-state index contributed by atoms with van der Waals surface area (Å²) in [5.74, 6) is 0.918. The zero-order valence-corrected chi connectivity index (χ0v) is 19.0. The van der Waals surface area contributed by atoms with Crippen LogP contribution < -0.4 is 10.6 Å². The number of nitrogens with one attached hydrogen (secondary N) is 2. The zero-order chi connectivity index (χ0) is 17.2. The van der Waals surface area contributed by atoms with Crippen molar-refractivity contribution in [3.63, 3.8) is 0 Å². The second-order valence-corrected chi connectivity index (χ2v) is 7.63. The molecule has 1 aromatic rings. The second kappa shape index (κ2) is 12.9. The molecule has 7 heteroatoms. The molecule has 0 unspecified atom stereocenters. The number of halogens is 1. The molecule has 0 spiro atoms. The second-order valence-electron chi connectivity index (χ2n) is 6.57. The van der Waals surface area contributed by atoms with Gasteiger partial charge in [0.25, 0.3) is 0 Å². The third-order valence-electron chi connectivity index (χ3n) is 4.61. The molecule has 0 radical (unpaired) electrons. The van der Waals surface area contributed by atoms with E-state index in [9.17, 15) is 0 Å². The Labute approximate surface area is 174 Å². The number of aliphatic imine (C=N–C) groups is 1. The highest BCUT2D eigenvalue weighted by molar-refractivity contribution is 14.0. The van der Waals surface area contributed by atoms with Gasteiger partial charge < -0.3 is 15.5 Å². The lowest BCUT2D eigenvalue weighted by Crippen LogP contribution is -2.39. The lowest BCUT2D eigenvalue weighted by molar-refractivity contribution is 0.196. The molecule has 0 atom stereocenters. The smallest absolute Gasteiger partial charge is 0.191 e. The molecule has 2 rings (SSSR count). The van der Waals surface area contributed by atoms with Crippen LogP contribution in [0.4, 0.5) is 0 Å². The number of hydrogen-bond donors (Lipinski definition) is 2. The van der Waals surface area contributed by atoms with E-state index in [-0.39, 0.29) is 24.0 Å². The quantitative estimate of drug-likeness (QED) is 0.341. The van der Waals surface area contributed by atoms with Crippen LogP contribution in [0.2, 0.25) is 0 Å². The molecule has 2 N–H and O–H groups in total. The van der Waals surface area contributed by atoms with Gasteiger partial charge in [0.2, 0.25) is 0 Å². The minimum absolute atomic E-state index is 0. The summed E-state index contributed by atoms with van der Waals surface area (Å²) in [6, 6.07) is 0.761. The van der Waals surface area contributed by atoms with Crippen LogP contribution in [-0.2, 0) is 6.42 Å². The number of nitrogens with zero attached hydrogens (tertiary/aromatic N) is 3. The fourth-order valence-electron chi connectivity index (χ4n) is 3.20. The Morgan fingerprint density at radius 3 is 2.72 bits per heavy atom. The zero-order valence-electron chi connectivity index (χ0n) is 15.9. The van der Waals surface area contributed by atoms with Gasteiger partial charge in [0.1, 0.15) is 0 Å². The molecule has 0 amide bonds. The van der Waals surface area contributed by atoms with E-state index in [0.717, 1.165) is 55.3 Å². The number of rotatable bonds is 8. The maximum Gasteiger partial charge on any atom is 0.191 e. The van der Waals surface area contributed by atoms with Crippen molar-refractivity contribution in [2.75, 3.05) is 33.2 Å². The lowest BCUT2D eigenvalue weighted by Gasteiger charge is -2.30. The molecular formula is C18H34IN5S. The standard InChI is InChI=1S/C18H33N5S.HI/c1-4-19-18(20-11-10-16-14-24-15(2)22-16)21-12-13-23(3)17-8-6-5-7-9-17;/h14,17H,4-13H2,1-3H3,(H2,19,20,21);1H. The largest absolute Gasteiger partial charge is 0.357 e. The molecular weight excluding hydrogens is 445 g/mol. The van der Waals surface area contributed by atoms with Crippen molar-refractivity contribution in [2.24, 2.45) is 4.99 Å². The van der Waals surface area contributed by atoms with Gasteiger partial charge in [0.15, 0.2) is 5.96 Å². The molecule has 0 aromatic carbocycles. The Hall–Kier alpha value is -0.410. The van der Waals surface area contributed by atoms with Gasteiger partial charge in [-0.3, -0.25) is 4.99 Å². The Morgan fingerprint density at radius 1 is 1.32 bits per heavy atom. The van der Waals surface area contributed by atoms with E-state index >= 15 is 0 Å². The minimum atomic E-state index is 0. The number of hydrogen-bond acceptors (Lipinski definition) is 4. The average molecular weight is 479 g/mol. The molecule has 1 aliphatic carbocycles. The molecule has 0 aliphatic heterocycles. The van der Waals surface area contributed by atoms with Crippen LogP contribution in [0.25, 0.3) is 0 Å². The molecule has 144 valence electrons. The highest BCUT2D eigenvalue weighted by atomic mass is 127. The van der Waals surface area contributed by atoms with Crippen LogP contribution in [0.5, 0.6) is 0 Å².